The summed E-state index contributed by atoms with van der Waals surface area (Å²) < 4.78 is 0. The molecule has 2 aliphatic rings. The Kier molecular flexibility index (Phi) is 4.41. The van der Waals surface area contributed by atoms with Crippen LogP contribution in [0.5, 0.6) is 0 Å². The summed E-state index contributed by atoms with van der Waals surface area (Å²) in [7, 11) is 0. The number of amides is 2. The zero-order chi connectivity index (χ0) is 16.4. The Balaban J connectivity index is 1.75. The van der Waals surface area contributed by atoms with Crippen molar-refractivity contribution in [3.05, 3.63) is 23.4 Å². The highest BCUT2D eigenvalue weighted by Gasteiger charge is 2.29. The minimum Gasteiger partial charge on any atom is -0.357 e. The standard InChI is InChI=1S/C17H21N3O3/c1-11-13(14-3-5-16(22)19-17(14)23)2-4-15(18-11)20-8-6-12(10-21)7-9-20/h2,4,10,12,14H,3,5-9H2,1H3,(H,19,22,23). The lowest BCUT2D eigenvalue weighted by atomic mass is 9.89. The molecular formula is C17H21N3O3. The fourth-order valence-corrected chi connectivity index (χ4v) is 3.36. The lowest BCUT2D eigenvalue weighted by molar-refractivity contribution is -0.134. The van der Waals surface area contributed by atoms with E-state index in [-0.39, 0.29) is 23.7 Å². The lowest BCUT2D eigenvalue weighted by Gasteiger charge is -2.31. The molecule has 3 rings (SSSR count). The van der Waals surface area contributed by atoms with Crippen LogP contribution in [0, 0.1) is 12.8 Å². The first-order valence-electron chi connectivity index (χ1n) is 8.10. The van der Waals surface area contributed by atoms with Crippen molar-refractivity contribution in [2.24, 2.45) is 5.92 Å². The van der Waals surface area contributed by atoms with Crippen LogP contribution < -0.4 is 10.2 Å². The topological polar surface area (TPSA) is 79.4 Å². The van der Waals surface area contributed by atoms with E-state index in [4.69, 9.17) is 0 Å². The van der Waals surface area contributed by atoms with Gasteiger partial charge in [0.2, 0.25) is 11.8 Å². The number of aromatic nitrogens is 1. The Labute approximate surface area is 135 Å². The normalized spacial score (nSPS) is 22.8. The second-order valence-corrected chi connectivity index (χ2v) is 6.31. The molecule has 2 saturated heterocycles. The number of hydrogen-bond acceptors (Lipinski definition) is 5. The molecule has 0 spiro atoms. The summed E-state index contributed by atoms with van der Waals surface area (Å²) in [6.07, 6.45) is 3.68. The highest BCUT2D eigenvalue weighted by atomic mass is 16.2. The molecule has 23 heavy (non-hydrogen) atoms. The number of carbonyl (C=O) groups is 3. The number of hydrogen-bond donors (Lipinski definition) is 1. The van der Waals surface area contributed by atoms with E-state index in [2.05, 4.69) is 15.2 Å². The highest BCUT2D eigenvalue weighted by molar-refractivity contribution is 6.01. The number of aldehydes is 1. The molecule has 1 aromatic rings. The molecular weight excluding hydrogens is 294 g/mol. The van der Waals surface area contributed by atoms with Crippen molar-refractivity contribution in [2.75, 3.05) is 18.0 Å². The third kappa shape index (κ3) is 3.25. The summed E-state index contributed by atoms with van der Waals surface area (Å²) in [4.78, 5) is 40.9. The van der Waals surface area contributed by atoms with Crippen LogP contribution in [0.3, 0.4) is 0 Å². The first-order valence-corrected chi connectivity index (χ1v) is 8.10. The molecule has 1 unspecified atom stereocenters. The predicted molar refractivity (Wildman–Crippen MR) is 85.1 cm³/mol. The predicted octanol–water partition coefficient (Wildman–Crippen LogP) is 1.33. The third-order valence-electron chi connectivity index (χ3n) is 4.78. The molecule has 3 heterocycles. The molecule has 1 aromatic heterocycles. The van der Waals surface area contributed by atoms with Crippen LogP contribution >= 0.6 is 0 Å². The van der Waals surface area contributed by atoms with E-state index in [1.807, 2.05) is 19.1 Å². The summed E-state index contributed by atoms with van der Waals surface area (Å²) in [5, 5.41) is 2.40. The van der Waals surface area contributed by atoms with Crippen LogP contribution in [-0.2, 0) is 14.4 Å². The van der Waals surface area contributed by atoms with Crippen LogP contribution in [-0.4, -0.2) is 36.2 Å². The van der Waals surface area contributed by atoms with Crippen molar-refractivity contribution in [3.8, 4) is 0 Å². The minimum atomic E-state index is -0.296. The number of piperidine rings is 2. The number of pyridine rings is 1. The average Bonchev–Trinajstić information content (AvgIpc) is 2.55. The summed E-state index contributed by atoms with van der Waals surface area (Å²) in [6, 6.07) is 3.89. The Morgan fingerprint density at radius 1 is 1.22 bits per heavy atom. The average molecular weight is 315 g/mol. The van der Waals surface area contributed by atoms with E-state index in [0.29, 0.717) is 12.8 Å². The largest absolute Gasteiger partial charge is 0.357 e. The molecule has 2 amide bonds. The van der Waals surface area contributed by atoms with Crippen molar-refractivity contribution in [2.45, 2.75) is 38.5 Å². The first-order chi connectivity index (χ1) is 11.1. The van der Waals surface area contributed by atoms with E-state index in [1.165, 1.54) is 0 Å². The van der Waals surface area contributed by atoms with Gasteiger partial charge in [0.05, 0.1) is 5.92 Å². The molecule has 2 aliphatic heterocycles. The van der Waals surface area contributed by atoms with Gasteiger partial charge in [0.15, 0.2) is 0 Å². The molecule has 0 aliphatic carbocycles. The van der Waals surface area contributed by atoms with Gasteiger partial charge in [-0.25, -0.2) is 4.98 Å². The molecule has 0 aromatic carbocycles. The van der Waals surface area contributed by atoms with Gasteiger partial charge in [0.25, 0.3) is 0 Å². The van der Waals surface area contributed by atoms with Crippen molar-refractivity contribution < 1.29 is 14.4 Å². The van der Waals surface area contributed by atoms with Gasteiger partial charge in [0.1, 0.15) is 12.1 Å². The second-order valence-electron chi connectivity index (χ2n) is 6.31. The fourth-order valence-electron chi connectivity index (χ4n) is 3.36. The van der Waals surface area contributed by atoms with E-state index >= 15 is 0 Å². The number of anilines is 1. The zero-order valence-electron chi connectivity index (χ0n) is 13.2. The van der Waals surface area contributed by atoms with E-state index in [0.717, 1.165) is 49.3 Å². The molecule has 1 atom stereocenters. The minimum absolute atomic E-state index is 0.162. The van der Waals surface area contributed by atoms with Crippen LogP contribution in [0.4, 0.5) is 5.82 Å². The van der Waals surface area contributed by atoms with Crippen molar-refractivity contribution in [1.29, 1.82) is 0 Å². The number of aryl methyl sites for hydroxylation is 1. The fraction of sp³-hybridized carbons (Fsp3) is 0.529. The van der Waals surface area contributed by atoms with Crippen LogP contribution in [0.2, 0.25) is 0 Å². The van der Waals surface area contributed by atoms with Crippen LogP contribution in [0.1, 0.15) is 42.9 Å². The van der Waals surface area contributed by atoms with Crippen LogP contribution in [0.15, 0.2) is 12.1 Å². The number of rotatable bonds is 3. The van der Waals surface area contributed by atoms with E-state index in [1.54, 1.807) is 0 Å². The Morgan fingerprint density at radius 3 is 2.57 bits per heavy atom. The van der Waals surface area contributed by atoms with Crippen molar-refractivity contribution in [3.63, 3.8) is 0 Å². The summed E-state index contributed by atoms with van der Waals surface area (Å²) in [5.41, 5.74) is 1.72. The maximum Gasteiger partial charge on any atom is 0.234 e. The summed E-state index contributed by atoms with van der Waals surface area (Å²) in [5.74, 6) is 0.324. The van der Waals surface area contributed by atoms with Gasteiger partial charge in [0, 0.05) is 31.1 Å². The van der Waals surface area contributed by atoms with Gasteiger partial charge in [-0.05, 0) is 37.8 Å². The van der Waals surface area contributed by atoms with Crippen molar-refractivity contribution in [1.82, 2.24) is 10.3 Å². The molecule has 2 fully saturated rings. The molecule has 6 nitrogen and oxygen atoms in total. The SMILES string of the molecule is Cc1nc(N2CCC(C=O)CC2)ccc1C1CCC(=O)NC1=O. The number of imide groups is 1. The second kappa shape index (κ2) is 6.48. The molecule has 0 saturated carbocycles. The van der Waals surface area contributed by atoms with Gasteiger partial charge in [-0.3, -0.25) is 14.9 Å². The summed E-state index contributed by atoms with van der Waals surface area (Å²) in [6.45, 7) is 3.56. The van der Waals surface area contributed by atoms with Crippen LogP contribution in [0.25, 0.3) is 0 Å². The van der Waals surface area contributed by atoms with Gasteiger partial charge in [-0.15, -0.1) is 0 Å². The Bertz CT molecular complexity index is 636. The first kappa shape index (κ1) is 15.6. The number of carbonyl (C=O) groups excluding carboxylic acids is 3. The monoisotopic (exact) mass is 315 g/mol. The van der Waals surface area contributed by atoms with E-state index < -0.39 is 0 Å². The van der Waals surface area contributed by atoms with E-state index in [9.17, 15) is 14.4 Å². The molecule has 1 N–H and O–H groups in total. The lowest BCUT2D eigenvalue weighted by Crippen LogP contribution is -2.40. The van der Waals surface area contributed by atoms with Gasteiger partial charge < -0.3 is 9.69 Å². The van der Waals surface area contributed by atoms with Crippen molar-refractivity contribution >= 4 is 23.9 Å². The maximum atomic E-state index is 12.0. The van der Waals surface area contributed by atoms with Gasteiger partial charge in [-0.2, -0.15) is 0 Å². The molecule has 0 bridgehead atoms. The quantitative estimate of drug-likeness (QED) is 0.672. The highest BCUT2D eigenvalue weighted by Crippen LogP contribution is 2.29. The van der Waals surface area contributed by atoms with Gasteiger partial charge in [-0.1, -0.05) is 6.07 Å². The summed E-state index contributed by atoms with van der Waals surface area (Å²) >= 11 is 0. The Morgan fingerprint density at radius 2 is 1.96 bits per heavy atom. The number of nitrogens with zero attached hydrogens (tertiary/aromatic N) is 2. The number of nitrogens with one attached hydrogen (secondary N) is 1. The zero-order valence-corrected chi connectivity index (χ0v) is 13.2. The Hall–Kier alpha value is -2.24. The smallest absolute Gasteiger partial charge is 0.234 e. The molecule has 0 radical (unpaired) electrons. The molecule has 122 valence electrons. The van der Waals surface area contributed by atoms with Gasteiger partial charge >= 0.3 is 0 Å². The maximum absolute atomic E-state index is 12.0. The molecule has 6 heteroatoms. The third-order valence-corrected chi connectivity index (χ3v) is 4.78.